The molecule has 0 heterocycles. The molecule has 1 aromatic carbocycles. The number of halogens is 1. The van der Waals surface area contributed by atoms with Gasteiger partial charge in [-0.25, -0.2) is 8.42 Å². The van der Waals surface area contributed by atoms with Gasteiger partial charge in [-0.15, -0.1) is 0 Å². The van der Waals surface area contributed by atoms with Crippen LogP contribution in [0.1, 0.15) is 38.7 Å². The quantitative estimate of drug-likeness (QED) is 0.539. The van der Waals surface area contributed by atoms with Gasteiger partial charge in [-0.3, -0.25) is 4.79 Å². The third-order valence-corrected chi connectivity index (χ3v) is 4.50. The molecule has 0 aliphatic rings. The molecule has 0 N–H and O–H groups in total. The highest BCUT2D eigenvalue weighted by atomic mass is 35.7. The minimum atomic E-state index is -3.69. The van der Waals surface area contributed by atoms with E-state index in [-0.39, 0.29) is 17.3 Å². The van der Waals surface area contributed by atoms with Crippen molar-refractivity contribution >= 4 is 25.7 Å². The fraction of sp³-hybridized carbons (Fsp3) is 0.533. The normalized spacial score (nSPS) is 12.9. The minimum absolute atomic E-state index is 0.0592. The van der Waals surface area contributed by atoms with Crippen LogP contribution in [0.3, 0.4) is 0 Å². The Bertz CT molecular complexity index is 552. The number of hydrogen-bond acceptors (Lipinski definition) is 4. The Labute approximate surface area is 130 Å². The van der Waals surface area contributed by atoms with E-state index < -0.39 is 9.05 Å². The van der Waals surface area contributed by atoms with E-state index in [4.69, 9.17) is 15.4 Å². The average molecular weight is 333 g/mol. The maximum atomic E-state index is 11.6. The van der Waals surface area contributed by atoms with Crippen molar-refractivity contribution in [3.63, 3.8) is 0 Å². The molecule has 0 bridgehead atoms. The van der Waals surface area contributed by atoms with Crippen molar-refractivity contribution in [3.05, 3.63) is 29.8 Å². The Kier molecular flexibility index (Phi) is 7.18. The molecule has 0 saturated heterocycles. The monoisotopic (exact) mass is 332 g/mol. The maximum absolute atomic E-state index is 11.6. The number of carbonyl (C=O) groups is 1. The minimum Gasteiger partial charge on any atom is -0.465 e. The van der Waals surface area contributed by atoms with Crippen molar-refractivity contribution < 1.29 is 17.9 Å². The molecule has 0 radical (unpaired) electrons. The molecular formula is C15H21ClO4S. The zero-order valence-corrected chi connectivity index (χ0v) is 13.9. The Morgan fingerprint density at radius 3 is 2.43 bits per heavy atom. The number of rotatable bonds is 8. The second-order valence-electron chi connectivity index (χ2n) is 5.16. The number of hydrogen-bond donors (Lipinski definition) is 0. The summed E-state index contributed by atoms with van der Waals surface area (Å²) >= 11 is 0. The number of esters is 1. The molecular weight excluding hydrogens is 312 g/mol. The lowest BCUT2D eigenvalue weighted by atomic mass is 10.1. The van der Waals surface area contributed by atoms with Gasteiger partial charge >= 0.3 is 5.97 Å². The van der Waals surface area contributed by atoms with Crippen molar-refractivity contribution in [1.29, 1.82) is 0 Å². The zero-order chi connectivity index (χ0) is 15.9. The maximum Gasteiger partial charge on any atom is 0.306 e. The van der Waals surface area contributed by atoms with Gasteiger partial charge in [0, 0.05) is 17.1 Å². The SMILES string of the molecule is CCCC(C)COC(=O)CCc1ccc(S(=O)(=O)Cl)cc1. The highest BCUT2D eigenvalue weighted by molar-refractivity contribution is 8.13. The molecule has 1 aromatic rings. The largest absolute Gasteiger partial charge is 0.465 e. The van der Waals surface area contributed by atoms with E-state index in [0.717, 1.165) is 18.4 Å². The van der Waals surface area contributed by atoms with Crippen LogP contribution < -0.4 is 0 Å². The number of ether oxygens (including phenoxy) is 1. The fourth-order valence-electron chi connectivity index (χ4n) is 1.95. The van der Waals surface area contributed by atoms with Crippen LogP contribution in [0, 0.1) is 5.92 Å². The highest BCUT2D eigenvalue weighted by Crippen LogP contribution is 2.16. The molecule has 0 aliphatic heterocycles. The van der Waals surface area contributed by atoms with E-state index in [1.165, 1.54) is 12.1 Å². The summed E-state index contributed by atoms with van der Waals surface area (Å²) in [6, 6.07) is 6.18. The molecule has 0 aromatic heterocycles. The molecule has 0 fully saturated rings. The van der Waals surface area contributed by atoms with E-state index >= 15 is 0 Å². The third-order valence-electron chi connectivity index (χ3n) is 3.13. The van der Waals surface area contributed by atoms with Crippen molar-refractivity contribution in [3.8, 4) is 0 Å². The van der Waals surface area contributed by atoms with E-state index in [1.54, 1.807) is 12.1 Å². The topological polar surface area (TPSA) is 60.4 Å². The van der Waals surface area contributed by atoms with Crippen LogP contribution >= 0.6 is 10.7 Å². The van der Waals surface area contributed by atoms with Gasteiger partial charge in [-0.05, 0) is 36.5 Å². The van der Waals surface area contributed by atoms with Gasteiger partial charge in [0.15, 0.2) is 0 Å². The lowest BCUT2D eigenvalue weighted by Gasteiger charge is -2.10. The molecule has 21 heavy (non-hydrogen) atoms. The van der Waals surface area contributed by atoms with Crippen molar-refractivity contribution in [2.24, 2.45) is 5.92 Å². The zero-order valence-electron chi connectivity index (χ0n) is 12.3. The lowest BCUT2D eigenvalue weighted by Crippen LogP contribution is -2.12. The first-order chi connectivity index (χ1) is 9.82. The predicted octanol–water partition coefficient (Wildman–Crippen LogP) is 3.53. The van der Waals surface area contributed by atoms with Crippen LogP contribution in [0.5, 0.6) is 0 Å². The molecule has 6 heteroatoms. The Morgan fingerprint density at radius 1 is 1.29 bits per heavy atom. The van der Waals surface area contributed by atoms with Gasteiger partial charge in [0.25, 0.3) is 9.05 Å². The molecule has 0 aliphatic carbocycles. The van der Waals surface area contributed by atoms with Gasteiger partial charge in [-0.2, -0.15) is 0 Å². The third kappa shape index (κ3) is 6.96. The first kappa shape index (κ1) is 18.0. The van der Waals surface area contributed by atoms with Gasteiger partial charge < -0.3 is 4.74 Å². The van der Waals surface area contributed by atoms with Crippen LogP contribution in [0.4, 0.5) is 0 Å². The molecule has 1 rings (SSSR count). The van der Waals surface area contributed by atoms with E-state index in [2.05, 4.69) is 13.8 Å². The van der Waals surface area contributed by atoms with Gasteiger partial charge in [-0.1, -0.05) is 32.4 Å². The summed E-state index contributed by atoms with van der Waals surface area (Å²) in [4.78, 5) is 11.7. The van der Waals surface area contributed by atoms with Crippen LogP contribution in [0.15, 0.2) is 29.2 Å². The fourth-order valence-corrected chi connectivity index (χ4v) is 2.72. The lowest BCUT2D eigenvalue weighted by molar-refractivity contribution is -0.144. The first-order valence-electron chi connectivity index (χ1n) is 7.02. The van der Waals surface area contributed by atoms with Gasteiger partial charge in [0.1, 0.15) is 0 Å². The summed E-state index contributed by atoms with van der Waals surface area (Å²) in [6.45, 7) is 4.61. The number of aryl methyl sites for hydroxylation is 1. The summed E-state index contributed by atoms with van der Waals surface area (Å²) in [5.41, 5.74) is 0.873. The molecule has 1 unspecified atom stereocenters. The summed E-state index contributed by atoms with van der Waals surface area (Å²) in [5, 5.41) is 0. The smallest absolute Gasteiger partial charge is 0.306 e. The van der Waals surface area contributed by atoms with Gasteiger partial charge in [0.2, 0.25) is 0 Å². The second kappa shape index (κ2) is 8.39. The molecule has 118 valence electrons. The number of carbonyl (C=O) groups excluding carboxylic acids is 1. The summed E-state index contributed by atoms with van der Waals surface area (Å²) in [6.07, 6.45) is 2.92. The van der Waals surface area contributed by atoms with Crippen LogP contribution in [-0.2, 0) is 25.0 Å². The predicted molar refractivity (Wildman–Crippen MR) is 82.8 cm³/mol. The van der Waals surface area contributed by atoms with Crippen molar-refractivity contribution in [2.75, 3.05) is 6.61 Å². The summed E-state index contributed by atoms with van der Waals surface area (Å²) in [7, 11) is 1.54. The molecule has 0 spiro atoms. The Hall–Kier alpha value is -1.07. The second-order valence-corrected chi connectivity index (χ2v) is 7.72. The van der Waals surface area contributed by atoms with E-state index in [1.807, 2.05) is 0 Å². The standard InChI is InChI=1S/C15H21ClO4S/c1-3-4-12(2)11-20-15(17)10-7-13-5-8-14(9-6-13)21(16,18)19/h5-6,8-9,12H,3-4,7,10-11H2,1-2H3. The molecule has 4 nitrogen and oxygen atoms in total. The first-order valence-corrected chi connectivity index (χ1v) is 9.33. The Morgan fingerprint density at radius 2 is 1.90 bits per heavy atom. The van der Waals surface area contributed by atoms with Crippen LogP contribution in [0.25, 0.3) is 0 Å². The van der Waals surface area contributed by atoms with Crippen LogP contribution in [0.2, 0.25) is 0 Å². The van der Waals surface area contributed by atoms with Crippen molar-refractivity contribution in [1.82, 2.24) is 0 Å². The van der Waals surface area contributed by atoms with E-state index in [9.17, 15) is 13.2 Å². The van der Waals surface area contributed by atoms with E-state index in [0.29, 0.717) is 18.9 Å². The molecule has 0 amide bonds. The van der Waals surface area contributed by atoms with Crippen molar-refractivity contribution in [2.45, 2.75) is 44.4 Å². The summed E-state index contributed by atoms with van der Waals surface area (Å²) < 4.78 is 27.4. The number of benzene rings is 1. The van der Waals surface area contributed by atoms with Crippen LogP contribution in [-0.4, -0.2) is 21.0 Å². The summed E-state index contributed by atoms with van der Waals surface area (Å²) in [5.74, 6) is 0.152. The Balaban J connectivity index is 2.40. The highest BCUT2D eigenvalue weighted by Gasteiger charge is 2.10. The average Bonchev–Trinajstić information content (AvgIpc) is 2.43. The molecule has 0 saturated carbocycles. The molecule has 1 atom stereocenters. The van der Waals surface area contributed by atoms with Gasteiger partial charge in [0.05, 0.1) is 11.5 Å².